The number of aromatic nitrogens is 2. The summed E-state index contributed by atoms with van der Waals surface area (Å²) in [6.45, 7) is 0. The molecule has 6 heteroatoms. The molecule has 0 atom stereocenters. The van der Waals surface area contributed by atoms with Crippen LogP contribution in [0.3, 0.4) is 0 Å². The van der Waals surface area contributed by atoms with Crippen LogP contribution >= 0.6 is 11.6 Å². The Morgan fingerprint density at radius 3 is 2.76 bits per heavy atom. The number of anilines is 2. The zero-order valence-electron chi connectivity index (χ0n) is 10.7. The second-order valence-corrected chi connectivity index (χ2v) is 4.81. The van der Waals surface area contributed by atoms with Crippen molar-refractivity contribution in [3.05, 3.63) is 59.4 Å². The van der Waals surface area contributed by atoms with E-state index in [1.54, 1.807) is 18.2 Å². The third-order valence-corrected chi connectivity index (χ3v) is 3.19. The van der Waals surface area contributed by atoms with E-state index in [4.69, 9.17) is 11.6 Å². The number of nitrogens with one attached hydrogen (secondary N) is 1. The van der Waals surface area contributed by atoms with Crippen LogP contribution in [0.4, 0.5) is 11.5 Å². The molecule has 0 saturated carbocycles. The molecule has 2 aromatic carbocycles. The van der Waals surface area contributed by atoms with Gasteiger partial charge >= 0.3 is 0 Å². The first-order chi connectivity index (χ1) is 10.1. The Hall–Kier alpha value is -2.66. The van der Waals surface area contributed by atoms with E-state index in [-0.39, 0.29) is 5.56 Å². The third kappa shape index (κ3) is 2.78. The summed E-state index contributed by atoms with van der Waals surface area (Å²) in [5, 5.41) is 15.3. The molecule has 0 aliphatic heterocycles. The molecule has 0 amide bonds. The maximum absolute atomic E-state index is 10.9. The van der Waals surface area contributed by atoms with Gasteiger partial charge in [0.25, 0.3) is 0 Å². The molecule has 5 nitrogen and oxygen atoms in total. The fraction of sp³-hybridized carbons (Fsp3) is 0. The number of nitrogens with zero attached hydrogens (tertiary/aromatic N) is 2. The summed E-state index contributed by atoms with van der Waals surface area (Å²) in [6.07, 6.45) is 1.37. The molecular weight excluding hydrogens is 290 g/mol. The molecule has 0 radical (unpaired) electrons. The largest absolute Gasteiger partial charge is 0.545 e. The topological polar surface area (TPSA) is 77.9 Å². The van der Waals surface area contributed by atoms with Crippen molar-refractivity contribution in [2.45, 2.75) is 0 Å². The van der Waals surface area contributed by atoms with E-state index in [2.05, 4.69) is 15.3 Å². The summed E-state index contributed by atoms with van der Waals surface area (Å²) in [5.41, 5.74) is 1.39. The van der Waals surface area contributed by atoms with Crippen LogP contribution in [-0.2, 0) is 0 Å². The van der Waals surface area contributed by atoms with Crippen molar-refractivity contribution < 1.29 is 9.90 Å². The van der Waals surface area contributed by atoms with E-state index in [0.717, 1.165) is 5.69 Å². The van der Waals surface area contributed by atoms with Crippen molar-refractivity contribution >= 4 is 40.0 Å². The van der Waals surface area contributed by atoms with Crippen LogP contribution in [0.2, 0.25) is 5.02 Å². The van der Waals surface area contributed by atoms with Gasteiger partial charge in [-0.3, -0.25) is 0 Å². The minimum atomic E-state index is -1.24. The maximum atomic E-state index is 10.9. The zero-order chi connectivity index (χ0) is 14.8. The van der Waals surface area contributed by atoms with E-state index in [1.807, 2.05) is 12.1 Å². The molecule has 0 fully saturated rings. The van der Waals surface area contributed by atoms with Crippen molar-refractivity contribution in [1.82, 2.24) is 9.97 Å². The standard InChI is InChI=1S/C15H10ClN3O2/c16-10-2-1-3-11(7-10)19-14-12-5-4-9(15(20)21)6-13(12)17-8-18-14/h1-8H,(H,20,21)(H,17,18,19)/p-1. The normalized spacial score (nSPS) is 10.5. The van der Waals surface area contributed by atoms with Gasteiger partial charge in [-0.25, -0.2) is 9.97 Å². The lowest BCUT2D eigenvalue weighted by molar-refractivity contribution is -0.255. The Bertz CT molecular complexity index is 836. The summed E-state index contributed by atoms with van der Waals surface area (Å²) in [4.78, 5) is 19.1. The Balaban J connectivity index is 2.05. The monoisotopic (exact) mass is 298 g/mol. The number of rotatable bonds is 3. The van der Waals surface area contributed by atoms with Gasteiger partial charge in [-0.15, -0.1) is 0 Å². The molecular formula is C15H9ClN3O2-. The van der Waals surface area contributed by atoms with Crippen LogP contribution in [0.5, 0.6) is 0 Å². The number of hydrogen-bond acceptors (Lipinski definition) is 5. The SMILES string of the molecule is O=C([O-])c1ccc2c(Nc3cccc(Cl)c3)ncnc2c1. The fourth-order valence-electron chi connectivity index (χ4n) is 1.99. The third-order valence-electron chi connectivity index (χ3n) is 2.96. The van der Waals surface area contributed by atoms with Gasteiger partial charge in [0.1, 0.15) is 12.1 Å². The number of halogens is 1. The van der Waals surface area contributed by atoms with E-state index in [1.165, 1.54) is 18.5 Å². The smallest absolute Gasteiger partial charge is 0.141 e. The molecule has 0 bridgehead atoms. The number of aromatic carboxylic acids is 1. The highest BCUT2D eigenvalue weighted by Crippen LogP contribution is 2.25. The highest BCUT2D eigenvalue weighted by Gasteiger charge is 2.06. The van der Waals surface area contributed by atoms with Crippen LogP contribution in [0.1, 0.15) is 10.4 Å². The number of carbonyl (C=O) groups is 1. The number of carboxylic acid groups (broad SMARTS) is 1. The molecule has 0 aliphatic rings. The molecule has 3 rings (SSSR count). The van der Waals surface area contributed by atoms with Crippen molar-refractivity contribution in [2.24, 2.45) is 0 Å². The van der Waals surface area contributed by atoms with Crippen molar-refractivity contribution in [2.75, 3.05) is 5.32 Å². The Morgan fingerprint density at radius 1 is 1.14 bits per heavy atom. The van der Waals surface area contributed by atoms with Crippen LogP contribution in [0.25, 0.3) is 10.9 Å². The average molecular weight is 299 g/mol. The first kappa shape index (κ1) is 13.3. The minimum absolute atomic E-state index is 0.0786. The van der Waals surface area contributed by atoms with Gasteiger partial charge in [-0.2, -0.15) is 0 Å². The van der Waals surface area contributed by atoms with Gasteiger partial charge in [0.2, 0.25) is 0 Å². The molecule has 1 aromatic heterocycles. The number of hydrogen-bond donors (Lipinski definition) is 1. The van der Waals surface area contributed by atoms with E-state index < -0.39 is 5.97 Å². The lowest BCUT2D eigenvalue weighted by Crippen LogP contribution is -2.22. The zero-order valence-corrected chi connectivity index (χ0v) is 11.5. The lowest BCUT2D eigenvalue weighted by atomic mass is 10.1. The van der Waals surface area contributed by atoms with Crippen molar-refractivity contribution in [1.29, 1.82) is 0 Å². The van der Waals surface area contributed by atoms with Gasteiger partial charge in [-0.05, 0) is 35.9 Å². The second kappa shape index (κ2) is 5.38. The lowest BCUT2D eigenvalue weighted by Gasteiger charge is -2.10. The molecule has 1 N–H and O–H groups in total. The Kier molecular flexibility index (Phi) is 3.41. The van der Waals surface area contributed by atoms with Gasteiger partial charge in [0, 0.05) is 16.1 Å². The van der Waals surface area contributed by atoms with Crippen LogP contribution in [0, 0.1) is 0 Å². The molecule has 21 heavy (non-hydrogen) atoms. The Labute approximate surface area is 125 Å². The highest BCUT2D eigenvalue weighted by molar-refractivity contribution is 6.30. The van der Waals surface area contributed by atoms with E-state index in [9.17, 15) is 9.90 Å². The predicted octanol–water partition coefficient (Wildman–Crippen LogP) is 2.39. The van der Waals surface area contributed by atoms with Crippen LogP contribution < -0.4 is 10.4 Å². The fourth-order valence-corrected chi connectivity index (χ4v) is 2.18. The van der Waals surface area contributed by atoms with Gasteiger partial charge in [-0.1, -0.05) is 23.7 Å². The van der Waals surface area contributed by atoms with Crippen molar-refractivity contribution in [3.8, 4) is 0 Å². The van der Waals surface area contributed by atoms with Gasteiger partial charge in [0.05, 0.1) is 11.5 Å². The minimum Gasteiger partial charge on any atom is -0.545 e. The number of fused-ring (bicyclic) bond motifs is 1. The number of carboxylic acids is 1. The van der Waals surface area contributed by atoms with Gasteiger partial charge in [0.15, 0.2) is 0 Å². The molecule has 0 saturated heterocycles. The first-order valence-electron chi connectivity index (χ1n) is 6.12. The Morgan fingerprint density at radius 2 is 2.00 bits per heavy atom. The summed E-state index contributed by atoms with van der Waals surface area (Å²) in [5.74, 6) is -0.660. The molecule has 0 unspecified atom stereocenters. The molecule has 0 spiro atoms. The van der Waals surface area contributed by atoms with Gasteiger partial charge < -0.3 is 15.2 Å². The van der Waals surface area contributed by atoms with Crippen LogP contribution in [-0.4, -0.2) is 15.9 Å². The van der Waals surface area contributed by atoms with E-state index in [0.29, 0.717) is 21.7 Å². The average Bonchev–Trinajstić information content (AvgIpc) is 2.47. The number of benzene rings is 2. The summed E-state index contributed by atoms with van der Waals surface area (Å²) < 4.78 is 0. The summed E-state index contributed by atoms with van der Waals surface area (Å²) in [7, 11) is 0. The molecule has 3 aromatic rings. The summed E-state index contributed by atoms with van der Waals surface area (Å²) in [6, 6.07) is 11.8. The maximum Gasteiger partial charge on any atom is 0.141 e. The summed E-state index contributed by atoms with van der Waals surface area (Å²) >= 11 is 5.94. The number of carbonyl (C=O) groups excluding carboxylic acids is 1. The molecule has 104 valence electrons. The second-order valence-electron chi connectivity index (χ2n) is 4.38. The highest BCUT2D eigenvalue weighted by atomic mass is 35.5. The first-order valence-corrected chi connectivity index (χ1v) is 6.50. The van der Waals surface area contributed by atoms with Crippen molar-refractivity contribution in [3.63, 3.8) is 0 Å². The van der Waals surface area contributed by atoms with Crippen LogP contribution in [0.15, 0.2) is 48.8 Å². The molecule has 0 aliphatic carbocycles. The quantitative estimate of drug-likeness (QED) is 0.803. The predicted molar refractivity (Wildman–Crippen MR) is 78.6 cm³/mol. The van der Waals surface area contributed by atoms with E-state index >= 15 is 0 Å². The molecule has 1 heterocycles.